The van der Waals surface area contributed by atoms with Crippen LogP contribution in [0.15, 0.2) is 6.20 Å². The highest BCUT2D eigenvalue weighted by molar-refractivity contribution is 5.70. The van der Waals surface area contributed by atoms with Gasteiger partial charge in [0, 0.05) is 18.2 Å². The first-order valence-corrected chi connectivity index (χ1v) is 7.07. The maximum atomic E-state index is 14.1. The third kappa shape index (κ3) is 2.43. The number of amides is 1. The molecule has 0 radical (unpaired) electrons. The molecular formula is C15H19FN2O3. The lowest BCUT2D eigenvalue weighted by atomic mass is 10.0. The number of aromatic nitrogens is 1. The summed E-state index contributed by atoms with van der Waals surface area (Å²) < 4.78 is 25.2. The predicted octanol–water partition coefficient (Wildman–Crippen LogP) is 2.97. The van der Waals surface area contributed by atoms with Crippen molar-refractivity contribution in [2.24, 2.45) is 0 Å². The van der Waals surface area contributed by atoms with Crippen molar-refractivity contribution in [1.82, 2.24) is 9.88 Å². The molecule has 0 aromatic carbocycles. The van der Waals surface area contributed by atoms with E-state index in [-0.39, 0.29) is 17.9 Å². The Kier molecular flexibility index (Phi) is 3.07. The van der Waals surface area contributed by atoms with Crippen molar-refractivity contribution >= 4 is 6.09 Å². The molecule has 5 nitrogen and oxygen atoms in total. The van der Waals surface area contributed by atoms with E-state index in [0.717, 1.165) is 0 Å². The topological polar surface area (TPSA) is 51.7 Å². The van der Waals surface area contributed by atoms with Crippen LogP contribution in [0.4, 0.5) is 9.18 Å². The number of aryl methyl sites for hydroxylation is 1. The van der Waals surface area contributed by atoms with E-state index < -0.39 is 17.5 Å². The molecule has 2 atom stereocenters. The summed E-state index contributed by atoms with van der Waals surface area (Å²) >= 11 is 0. The van der Waals surface area contributed by atoms with E-state index in [4.69, 9.17) is 9.47 Å². The third-order valence-electron chi connectivity index (χ3n) is 3.71. The van der Waals surface area contributed by atoms with E-state index in [1.54, 1.807) is 18.0 Å². The minimum atomic E-state index is -0.561. The van der Waals surface area contributed by atoms with E-state index in [1.807, 2.05) is 20.8 Å². The number of carbonyl (C=O) groups is 1. The lowest BCUT2D eigenvalue weighted by Gasteiger charge is -2.29. The Balaban J connectivity index is 1.92. The Hall–Kier alpha value is -1.85. The molecule has 114 valence electrons. The van der Waals surface area contributed by atoms with Gasteiger partial charge in [-0.1, -0.05) is 0 Å². The van der Waals surface area contributed by atoms with Gasteiger partial charge in [0.2, 0.25) is 0 Å². The molecule has 2 aliphatic heterocycles. The number of carbonyl (C=O) groups excluding carboxylic acids is 1. The number of nitrogens with zero attached hydrogens (tertiary/aromatic N) is 2. The maximum Gasteiger partial charge on any atom is 0.410 e. The lowest BCUT2D eigenvalue weighted by Crippen LogP contribution is -2.36. The Bertz CT molecular complexity index is 597. The molecule has 0 N–H and O–H groups in total. The molecule has 1 aromatic heterocycles. The zero-order chi connectivity index (χ0) is 15.4. The highest BCUT2D eigenvalue weighted by Gasteiger charge is 2.45. The fourth-order valence-electron chi connectivity index (χ4n) is 2.80. The van der Waals surface area contributed by atoms with Gasteiger partial charge >= 0.3 is 6.09 Å². The molecule has 1 fully saturated rings. The van der Waals surface area contributed by atoms with Gasteiger partial charge in [0.05, 0.1) is 18.3 Å². The normalized spacial score (nSPS) is 23.6. The average Bonchev–Trinajstić information content (AvgIpc) is 2.71. The van der Waals surface area contributed by atoms with Gasteiger partial charge in [-0.15, -0.1) is 0 Å². The second kappa shape index (κ2) is 4.58. The summed E-state index contributed by atoms with van der Waals surface area (Å²) in [5.74, 6) is -0.206. The molecule has 1 amide bonds. The van der Waals surface area contributed by atoms with Crippen LogP contribution in [0.5, 0.6) is 5.75 Å². The summed E-state index contributed by atoms with van der Waals surface area (Å²) in [6.07, 6.45) is 1.66. The van der Waals surface area contributed by atoms with Crippen molar-refractivity contribution in [3.63, 3.8) is 0 Å². The number of fused-ring (bicyclic) bond motifs is 4. The maximum absolute atomic E-state index is 14.1. The number of rotatable bonds is 0. The molecule has 3 rings (SSSR count). The van der Waals surface area contributed by atoms with E-state index in [0.29, 0.717) is 24.2 Å². The zero-order valence-electron chi connectivity index (χ0n) is 12.6. The van der Waals surface area contributed by atoms with Gasteiger partial charge in [-0.2, -0.15) is 0 Å². The second-order valence-electron chi connectivity index (χ2n) is 6.57. The summed E-state index contributed by atoms with van der Waals surface area (Å²) in [5.41, 5.74) is 0.366. The van der Waals surface area contributed by atoms with Crippen LogP contribution < -0.4 is 4.74 Å². The Labute approximate surface area is 123 Å². The fraction of sp³-hybridized carbons (Fsp3) is 0.600. The number of hydrogen-bond acceptors (Lipinski definition) is 4. The molecule has 0 spiro atoms. The fourth-order valence-corrected chi connectivity index (χ4v) is 2.80. The van der Waals surface area contributed by atoms with Crippen molar-refractivity contribution in [2.75, 3.05) is 6.54 Å². The summed E-state index contributed by atoms with van der Waals surface area (Å²) in [7, 11) is 0. The standard InChI is InChI=1S/C15H19FN2O3/c1-8-12(16)13-10(6-17-8)11-5-9(20-13)7-18(11)14(19)21-15(2,3)4/h6,9,11H,5,7H2,1-4H3/t9-,11-/m0/s1. The highest BCUT2D eigenvalue weighted by atomic mass is 19.1. The second-order valence-corrected chi connectivity index (χ2v) is 6.57. The van der Waals surface area contributed by atoms with Gasteiger partial charge in [-0.25, -0.2) is 9.18 Å². The first kappa shape index (κ1) is 14.1. The molecule has 3 heterocycles. The molecule has 2 aliphatic rings. The predicted molar refractivity (Wildman–Crippen MR) is 73.6 cm³/mol. The van der Waals surface area contributed by atoms with Crippen molar-refractivity contribution in [1.29, 1.82) is 0 Å². The van der Waals surface area contributed by atoms with E-state index >= 15 is 0 Å². The van der Waals surface area contributed by atoms with E-state index in [9.17, 15) is 9.18 Å². The number of hydrogen-bond donors (Lipinski definition) is 0. The SMILES string of the molecule is Cc1ncc2c(c1F)O[C@H]1C[C@@H]2N(C(=O)OC(C)(C)C)C1. The van der Waals surface area contributed by atoms with Crippen molar-refractivity contribution in [3.05, 3.63) is 23.3 Å². The molecule has 2 bridgehead atoms. The van der Waals surface area contributed by atoms with Crippen LogP contribution in [0.2, 0.25) is 0 Å². The number of pyridine rings is 1. The van der Waals surface area contributed by atoms with Crippen LogP contribution in [0.25, 0.3) is 0 Å². The molecule has 0 saturated carbocycles. The van der Waals surface area contributed by atoms with Crippen LogP contribution in [-0.2, 0) is 4.74 Å². The quantitative estimate of drug-likeness (QED) is 0.738. The van der Waals surface area contributed by atoms with Crippen LogP contribution in [0.3, 0.4) is 0 Å². The summed E-state index contributed by atoms with van der Waals surface area (Å²) in [5, 5.41) is 0. The molecule has 0 aliphatic carbocycles. The summed E-state index contributed by atoms with van der Waals surface area (Å²) in [6.45, 7) is 7.47. The van der Waals surface area contributed by atoms with E-state index in [1.165, 1.54) is 0 Å². The van der Waals surface area contributed by atoms with Gasteiger partial charge in [-0.05, 0) is 27.7 Å². The van der Waals surface area contributed by atoms with Gasteiger partial charge in [0.15, 0.2) is 11.6 Å². The monoisotopic (exact) mass is 294 g/mol. The minimum absolute atomic E-state index is 0.189. The number of halogens is 1. The summed E-state index contributed by atoms with van der Waals surface area (Å²) in [4.78, 5) is 18.0. The first-order valence-electron chi connectivity index (χ1n) is 7.07. The van der Waals surface area contributed by atoms with Gasteiger partial charge in [0.1, 0.15) is 11.7 Å². The van der Waals surface area contributed by atoms with Crippen molar-refractivity contribution in [2.45, 2.75) is 51.9 Å². The smallest absolute Gasteiger partial charge is 0.410 e. The number of ether oxygens (including phenoxy) is 2. The lowest BCUT2D eigenvalue weighted by molar-refractivity contribution is 0.0222. The molecule has 1 saturated heterocycles. The molecule has 6 heteroatoms. The molecule has 0 unspecified atom stereocenters. The van der Waals surface area contributed by atoms with Crippen LogP contribution in [-0.4, -0.2) is 34.2 Å². The van der Waals surface area contributed by atoms with Crippen LogP contribution in [0, 0.1) is 12.7 Å². The van der Waals surface area contributed by atoms with Crippen molar-refractivity contribution < 1.29 is 18.7 Å². The van der Waals surface area contributed by atoms with Gasteiger partial charge in [-0.3, -0.25) is 9.88 Å². The van der Waals surface area contributed by atoms with E-state index in [2.05, 4.69) is 4.98 Å². The zero-order valence-corrected chi connectivity index (χ0v) is 12.6. The largest absolute Gasteiger partial charge is 0.485 e. The molecular weight excluding hydrogens is 275 g/mol. The highest BCUT2D eigenvalue weighted by Crippen LogP contribution is 2.45. The Morgan fingerprint density at radius 2 is 2.24 bits per heavy atom. The number of likely N-dealkylation sites (tertiary alicyclic amines) is 1. The summed E-state index contributed by atoms with van der Waals surface area (Å²) in [6, 6.07) is -0.226. The molecule has 1 aromatic rings. The van der Waals surface area contributed by atoms with Crippen LogP contribution >= 0.6 is 0 Å². The van der Waals surface area contributed by atoms with Crippen molar-refractivity contribution in [3.8, 4) is 5.75 Å². The Morgan fingerprint density at radius 1 is 1.52 bits per heavy atom. The third-order valence-corrected chi connectivity index (χ3v) is 3.71. The van der Waals surface area contributed by atoms with Crippen LogP contribution in [0.1, 0.15) is 44.5 Å². The first-order chi connectivity index (χ1) is 9.76. The van der Waals surface area contributed by atoms with Gasteiger partial charge in [0.25, 0.3) is 0 Å². The van der Waals surface area contributed by atoms with Gasteiger partial charge < -0.3 is 9.47 Å². The average molecular weight is 294 g/mol. The molecule has 21 heavy (non-hydrogen) atoms. The minimum Gasteiger partial charge on any atom is -0.485 e. The Morgan fingerprint density at radius 3 is 2.90 bits per heavy atom.